The zero-order chi connectivity index (χ0) is 23.5. The van der Waals surface area contributed by atoms with E-state index in [0.29, 0.717) is 32.5 Å². The van der Waals surface area contributed by atoms with Crippen LogP contribution in [0, 0.1) is 0 Å². The van der Waals surface area contributed by atoms with Gasteiger partial charge < -0.3 is 0 Å². The van der Waals surface area contributed by atoms with Crippen LogP contribution in [0.3, 0.4) is 0 Å². The van der Waals surface area contributed by atoms with Crippen molar-refractivity contribution in [2.75, 3.05) is 26.2 Å². The molecule has 0 unspecified atom stereocenters. The van der Waals surface area contributed by atoms with Crippen LogP contribution in [0.2, 0.25) is 0 Å². The van der Waals surface area contributed by atoms with Crippen LogP contribution in [0.1, 0.15) is 0 Å². The van der Waals surface area contributed by atoms with Crippen molar-refractivity contribution in [3.63, 3.8) is 0 Å². The third-order valence-corrected chi connectivity index (χ3v) is 6.24. The van der Waals surface area contributed by atoms with Gasteiger partial charge in [-0.15, -0.1) is 0 Å². The van der Waals surface area contributed by atoms with Gasteiger partial charge in [0, 0.05) is 0 Å². The molecule has 10 N–H and O–H groups in total. The number of nitrogens with one attached hydrogen (secondary N) is 2. The minimum absolute atomic E-state index is 0.0457. The van der Waals surface area contributed by atoms with E-state index in [0.717, 1.165) is 0 Å². The zero-order valence-corrected chi connectivity index (χ0v) is 19.2. The molecule has 1 heterocycles. The van der Waals surface area contributed by atoms with Gasteiger partial charge in [0.2, 0.25) is 0 Å². The van der Waals surface area contributed by atoms with Gasteiger partial charge in [-0.3, -0.25) is 0 Å². The number of guanidine groups is 2. The first-order chi connectivity index (χ1) is 15.9. The van der Waals surface area contributed by atoms with Crippen molar-refractivity contribution in [2.45, 2.75) is 0 Å². The van der Waals surface area contributed by atoms with Crippen LogP contribution < -0.4 is 44.5 Å². The second kappa shape index (κ2) is 9.26. The molecule has 170 valence electrons. The van der Waals surface area contributed by atoms with Crippen molar-refractivity contribution in [3.8, 4) is 0 Å². The van der Waals surface area contributed by atoms with Crippen LogP contribution in [0.5, 0.6) is 0 Å². The van der Waals surface area contributed by atoms with Crippen molar-refractivity contribution < 1.29 is 0 Å². The first-order valence-corrected chi connectivity index (χ1v) is 11.7. The summed E-state index contributed by atoms with van der Waals surface area (Å²) in [6, 6.07) is 6.73. The molecule has 0 aliphatic rings. The summed E-state index contributed by atoms with van der Waals surface area (Å²) in [6.45, 7) is 0.951. The van der Waals surface area contributed by atoms with E-state index in [1.54, 1.807) is 24.3 Å². The Morgan fingerprint density at radius 3 is 1.55 bits per heavy atom. The number of rotatable bonds is 6. The molecule has 0 aliphatic carbocycles. The van der Waals surface area contributed by atoms with E-state index in [1.165, 1.54) is 0 Å². The quantitative estimate of drug-likeness (QED) is 0.0532. The Bertz CT molecular complexity index is 1530. The molecule has 0 aliphatic heterocycles. The van der Waals surface area contributed by atoms with Gasteiger partial charge in [0.1, 0.15) is 0 Å². The summed E-state index contributed by atoms with van der Waals surface area (Å²) in [7, 11) is 0. The van der Waals surface area contributed by atoms with Gasteiger partial charge in [-0.25, -0.2) is 0 Å². The van der Waals surface area contributed by atoms with E-state index in [4.69, 9.17) is 22.9 Å². The Hall–Kier alpha value is -3.96. The molecule has 0 saturated carbocycles. The summed E-state index contributed by atoms with van der Waals surface area (Å²) in [5, 5.41) is 1.89. The van der Waals surface area contributed by atoms with Gasteiger partial charge in [0.15, 0.2) is 0 Å². The average Bonchev–Trinajstić information content (AvgIpc) is 3.27. The number of aromatic nitrogens is 2. The molecule has 3 aromatic carbocycles. The normalized spacial score (nSPS) is 12.6. The van der Waals surface area contributed by atoms with E-state index >= 15 is 0 Å². The molecule has 0 fully saturated rings. The average molecular weight is 513 g/mol. The van der Waals surface area contributed by atoms with Gasteiger partial charge in [-0.1, -0.05) is 0 Å². The fourth-order valence-corrected chi connectivity index (χ4v) is 5.01. The maximum atomic E-state index is 13.6. The summed E-state index contributed by atoms with van der Waals surface area (Å²) in [6.07, 6.45) is 0. The first-order valence-electron chi connectivity index (χ1n) is 9.96. The van der Waals surface area contributed by atoms with Crippen molar-refractivity contribution in [1.29, 1.82) is 0 Å². The number of nitrogens with two attached hydrogens (primary N) is 4. The Balaban J connectivity index is 2.14. The second-order valence-electron chi connectivity index (χ2n) is 7.08. The molecular formula is C20H22N10O2Se. The number of aliphatic imine (C=N–C) groups is 2. The number of hydrogen-bond acceptors (Lipinski definition) is 6. The molecule has 1 aromatic heterocycles. The summed E-state index contributed by atoms with van der Waals surface area (Å²) in [4.78, 5) is 44.2. The van der Waals surface area contributed by atoms with Gasteiger partial charge in [-0.05, 0) is 0 Å². The Morgan fingerprint density at radius 1 is 0.727 bits per heavy atom. The SMILES string of the molecule is NC(N)=NCCN=c1c2[nH][se][nH]c2c(=NCCN=C(N)N)c2c(=O)c3ccccc3c(=O)c12. The molecule has 0 spiro atoms. The monoisotopic (exact) mass is 514 g/mol. The molecule has 0 atom stereocenters. The summed E-state index contributed by atoms with van der Waals surface area (Å²) in [5.74, 6) is -0.0913. The molecule has 4 rings (SSSR count). The fraction of sp³-hybridized carbons (Fsp3) is 0.200. The van der Waals surface area contributed by atoms with Crippen LogP contribution in [0.25, 0.3) is 32.6 Å². The van der Waals surface area contributed by atoms with Crippen LogP contribution in [-0.4, -0.2) is 61.0 Å². The van der Waals surface area contributed by atoms with Gasteiger partial charge >= 0.3 is 192 Å². The number of nitrogens with zero attached hydrogens (tertiary/aromatic N) is 4. The fourth-order valence-electron chi connectivity index (χ4n) is 3.64. The maximum absolute atomic E-state index is 13.6. The zero-order valence-electron chi connectivity index (χ0n) is 17.5. The second-order valence-corrected chi connectivity index (χ2v) is 8.37. The van der Waals surface area contributed by atoms with E-state index in [2.05, 4.69) is 27.9 Å². The van der Waals surface area contributed by atoms with Crippen LogP contribution in [0.15, 0.2) is 53.8 Å². The van der Waals surface area contributed by atoms with Crippen molar-refractivity contribution >= 4 is 59.5 Å². The van der Waals surface area contributed by atoms with E-state index in [-0.39, 0.29) is 74.7 Å². The topological polar surface area (TPSA) is 219 Å². The Morgan fingerprint density at radius 2 is 1.15 bits per heavy atom. The predicted molar refractivity (Wildman–Crippen MR) is 131 cm³/mol. The summed E-state index contributed by atoms with van der Waals surface area (Å²) in [5.41, 5.74) is 22.2. The Kier molecular flexibility index (Phi) is 6.24. The number of H-pyrrole nitrogens is 2. The van der Waals surface area contributed by atoms with Crippen molar-refractivity contribution in [1.82, 2.24) is 7.96 Å². The van der Waals surface area contributed by atoms with E-state index < -0.39 is 0 Å². The molecular weight excluding hydrogens is 491 g/mol. The third kappa shape index (κ3) is 4.23. The van der Waals surface area contributed by atoms with Gasteiger partial charge in [0.05, 0.1) is 0 Å². The molecule has 13 heteroatoms. The number of hydrogen-bond donors (Lipinski definition) is 6. The number of aromatic amines is 2. The molecule has 33 heavy (non-hydrogen) atoms. The van der Waals surface area contributed by atoms with Crippen LogP contribution in [-0.2, 0) is 0 Å². The first kappa shape index (κ1) is 22.2. The van der Waals surface area contributed by atoms with Crippen LogP contribution in [0.4, 0.5) is 0 Å². The third-order valence-electron chi connectivity index (χ3n) is 4.95. The number of benzene rings is 3. The van der Waals surface area contributed by atoms with Gasteiger partial charge in [0.25, 0.3) is 0 Å². The van der Waals surface area contributed by atoms with Crippen molar-refractivity contribution in [3.05, 3.63) is 55.4 Å². The predicted octanol–water partition coefficient (Wildman–Crippen LogP) is -2.63. The standard InChI is InChI=1S/C20H22N10O2Se/c21-19(22)27-7-5-25-13-11-12(18(32)10-4-2-1-3-9(10)17(11)31)14(16-15(13)29-33-30-16)26-6-8-28-20(23)24/h1-4,29-30H,5-8H2,(H4,21,22,27)(H4,23,24,28). The van der Waals surface area contributed by atoms with Crippen molar-refractivity contribution in [2.24, 2.45) is 42.9 Å². The molecule has 4 aromatic rings. The molecule has 0 radical (unpaired) electrons. The minimum atomic E-state index is -0.287. The summed E-state index contributed by atoms with van der Waals surface area (Å²) < 4.78 is 6.52. The summed E-state index contributed by atoms with van der Waals surface area (Å²) >= 11 is -0.209. The molecule has 0 saturated heterocycles. The number of fused-ring (bicyclic) bond motifs is 3. The molecule has 12 nitrogen and oxygen atoms in total. The van der Waals surface area contributed by atoms with Gasteiger partial charge in [-0.2, -0.15) is 0 Å². The van der Waals surface area contributed by atoms with Crippen LogP contribution >= 0.6 is 0 Å². The molecule has 0 amide bonds. The molecule has 0 bridgehead atoms. The van der Waals surface area contributed by atoms with E-state index in [1.807, 2.05) is 0 Å². The van der Waals surface area contributed by atoms with E-state index in [9.17, 15) is 9.59 Å². The Labute approximate surface area is 192 Å².